The molecule has 1 N–H and O–H groups in total. The molecule has 40 heavy (non-hydrogen) atoms. The molecule has 4 aromatic rings. The largest absolute Gasteiger partial charge is 0.481 e. The Kier molecular flexibility index (Phi) is 7.46. The summed E-state index contributed by atoms with van der Waals surface area (Å²) in [6, 6.07) is 13.5. The lowest BCUT2D eigenvalue weighted by Gasteiger charge is -2.44. The minimum atomic E-state index is -1.34. The summed E-state index contributed by atoms with van der Waals surface area (Å²) >= 11 is 19.6. The van der Waals surface area contributed by atoms with E-state index in [0.717, 1.165) is 0 Å². The summed E-state index contributed by atoms with van der Waals surface area (Å²) < 4.78 is 15.3. The van der Waals surface area contributed by atoms with Crippen molar-refractivity contribution in [2.75, 3.05) is 13.1 Å². The van der Waals surface area contributed by atoms with E-state index in [2.05, 4.69) is 25.7 Å². The van der Waals surface area contributed by atoms with Crippen molar-refractivity contribution in [3.63, 3.8) is 0 Å². The van der Waals surface area contributed by atoms with Crippen LogP contribution in [-0.4, -0.2) is 44.2 Å². The Morgan fingerprint density at radius 2 is 1.60 bits per heavy atom. The molecule has 0 spiro atoms. The van der Waals surface area contributed by atoms with Gasteiger partial charge in [-0.05, 0) is 81.6 Å². The molecule has 0 radical (unpaired) electrons. The highest BCUT2D eigenvalue weighted by atomic mass is 35.5. The monoisotopic (exact) mass is 601 g/mol. The van der Waals surface area contributed by atoms with Gasteiger partial charge < -0.3 is 5.11 Å². The molecule has 2 aromatic heterocycles. The first kappa shape index (κ1) is 28.6. The van der Waals surface area contributed by atoms with Crippen molar-refractivity contribution >= 4 is 51.8 Å². The number of carbonyl (C=O) groups is 1. The summed E-state index contributed by atoms with van der Waals surface area (Å²) in [5, 5.41) is 11.7. The molecule has 1 saturated heterocycles. The van der Waals surface area contributed by atoms with E-state index in [-0.39, 0.29) is 37.6 Å². The minimum absolute atomic E-state index is 0.129. The van der Waals surface area contributed by atoms with Gasteiger partial charge in [-0.2, -0.15) is 0 Å². The number of fused-ring (bicyclic) bond motifs is 1. The van der Waals surface area contributed by atoms with Crippen molar-refractivity contribution in [3.05, 3.63) is 91.5 Å². The Balaban J connectivity index is 1.86. The van der Waals surface area contributed by atoms with Gasteiger partial charge in [0.2, 0.25) is 0 Å². The number of hydrogen-bond donors (Lipinski definition) is 1. The van der Waals surface area contributed by atoms with Gasteiger partial charge in [-0.25, -0.2) is 9.37 Å². The van der Waals surface area contributed by atoms with E-state index in [9.17, 15) is 19.1 Å². The molecule has 208 valence electrons. The van der Waals surface area contributed by atoms with E-state index in [1.54, 1.807) is 30.3 Å². The Morgan fingerprint density at radius 1 is 0.950 bits per heavy atom. The van der Waals surface area contributed by atoms with Crippen molar-refractivity contribution in [3.8, 4) is 16.8 Å². The van der Waals surface area contributed by atoms with Crippen molar-refractivity contribution in [2.45, 2.75) is 44.6 Å². The zero-order valence-electron chi connectivity index (χ0n) is 22.1. The molecule has 0 bridgehead atoms. The number of carboxylic acid groups (broad SMARTS) is 1. The molecule has 0 atom stereocenters. The number of aliphatic carboxylic acids is 1. The summed E-state index contributed by atoms with van der Waals surface area (Å²) in [6.07, 6.45) is 0.608. The van der Waals surface area contributed by atoms with Crippen LogP contribution in [0.15, 0.2) is 59.4 Å². The van der Waals surface area contributed by atoms with Crippen LogP contribution in [0.2, 0.25) is 15.1 Å². The van der Waals surface area contributed by atoms with Crippen LogP contribution in [0.5, 0.6) is 0 Å². The molecule has 1 aliphatic rings. The third kappa shape index (κ3) is 4.90. The lowest BCUT2D eigenvalue weighted by Crippen LogP contribution is -2.53. The van der Waals surface area contributed by atoms with Crippen molar-refractivity contribution < 1.29 is 14.3 Å². The van der Waals surface area contributed by atoms with Crippen LogP contribution < -0.4 is 5.56 Å². The number of para-hydroxylation sites is 1. The van der Waals surface area contributed by atoms with Gasteiger partial charge in [0, 0.05) is 35.6 Å². The van der Waals surface area contributed by atoms with Crippen LogP contribution in [0.3, 0.4) is 0 Å². The molecule has 0 aliphatic carbocycles. The molecule has 2 aromatic carbocycles. The predicted octanol–water partition coefficient (Wildman–Crippen LogP) is 7.37. The van der Waals surface area contributed by atoms with Crippen LogP contribution in [0.1, 0.15) is 39.3 Å². The third-order valence-corrected chi connectivity index (χ3v) is 8.63. The van der Waals surface area contributed by atoms with Crippen molar-refractivity contribution in [2.24, 2.45) is 0 Å². The third-order valence-electron chi connectivity index (χ3n) is 7.71. The SMILES string of the molecule is CC(C)(C)N1CCC(C(=O)O)(c2cc(-c3ccc(F)cc3Cl)c3ccc(=O)n(-c4c(Cl)cccc4Cl)c3n2)CC1. The number of pyridine rings is 2. The maximum absolute atomic E-state index is 14.0. The van der Waals surface area contributed by atoms with Gasteiger partial charge in [0.25, 0.3) is 5.56 Å². The predicted molar refractivity (Wildman–Crippen MR) is 158 cm³/mol. The fourth-order valence-electron chi connectivity index (χ4n) is 5.44. The Labute approximate surface area is 245 Å². The highest BCUT2D eigenvalue weighted by molar-refractivity contribution is 6.38. The van der Waals surface area contributed by atoms with Crippen LogP contribution in [-0.2, 0) is 10.2 Å². The normalized spacial score (nSPS) is 15.9. The molecular formula is C30H27Cl3FN3O3. The maximum atomic E-state index is 14.0. The van der Waals surface area contributed by atoms with Gasteiger partial charge in [0.1, 0.15) is 16.9 Å². The molecule has 1 aliphatic heterocycles. The summed E-state index contributed by atoms with van der Waals surface area (Å²) in [4.78, 5) is 33.5. The second-order valence-electron chi connectivity index (χ2n) is 11.0. The topological polar surface area (TPSA) is 75.4 Å². The standard InChI is InChI=1S/C30H27Cl3FN3O3/c1-29(2,3)36-13-11-30(12-14-36,28(39)40)24-16-20(18-8-7-17(34)15-23(18)33)19-9-10-25(38)37(27(19)35-24)26-21(31)5-4-6-22(26)32/h4-10,15-16H,11-14H2,1-3H3,(H,39,40). The first-order valence-electron chi connectivity index (χ1n) is 12.8. The number of hydrogen-bond acceptors (Lipinski definition) is 4. The Morgan fingerprint density at radius 3 is 2.17 bits per heavy atom. The molecule has 0 saturated carbocycles. The molecule has 0 unspecified atom stereocenters. The van der Waals surface area contributed by atoms with Crippen LogP contribution in [0, 0.1) is 5.82 Å². The highest BCUT2D eigenvalue weighted by Crippen LogP contribution is 2.42. The van der Waals surface area contributed by atoms with Crippen LogP contribution in [0.4, 0.5) is 4.39 Å². The number of halogens is 4. The Bertz CT molecular complexity index is 1690. The van der Waals surface area contributed by atoms with E-state index in [0.29, 0.717) is 42.4 Å². The molecule has 6 nitrogen and oxygen atoms in total. The zero-order valence-corrected chi connectivity index (χ0v) is 24.4. The fourth-order valence-corrected chi connectivity index (χ4v) is 6.28. The van der Waals surface area contributed by atoms with Crippen LogP contribution in [0.25, 0.3) is 27.8 Å². The first-order valence-corrected chi connectivity index (χ1v) is 13.9. The van der Waals surface area contributed by atoms with Gasteiger partial charge in [0.05, 0.1) is 26.4 Å². The molecule has 3 heterocycles. The number of carboxylic acids is 1. The number of piperidine rings is 1. The van der Waals surface area contributed by atoms with E-state index in [4.69, 9.17) is 39.8 Å². The van der Waals surface area contributed by atoms with Crippen molar-refractivity contribution in [1.82, 2.24) is 14.5 Å². The van der Waals surface area contributed by atoms with Gasteiger partial charge in [-0.1, -0.05) is 40.9 Å². The summed E-state index contributed by atoms with van der Waals surface area (Å²) in [7, 11) is 0. The van der Waals surface area contributed by atoms with Crippen LogP contribution >= 0.6 is 34.8 Å². The molecule has 10 heteroatoms. The second kappa shape index (κ2) is 10.5. The zero-order chi connectivity index (χ0) is 29.0. The minimum Gasteiger partial charge on any atom is -0.481 e. The van der Waals surface area contributed by atoms with Gasteiger partial charge in [-0.3, -0.25) is 19.1 Å². The summed E-state index contributed by atoms with van der Waals surface area (Å²) in [5.74, 6) is -1.52. The molecule has 1 fully saturated rings. The molecular weight excluding hydrogens is 576 g/mol. The van der Waals surface area contributed by atoms with Gasteiger partial charge >= 0.3 is 5.97 Å². The lowest BCUT2D eigenvalue weighted by molar-refractivity contribution is -0.146. The van der Waals surface area contributed by atoms with E-state index in [1.165, 1.54) is 28.8 Å². The summed E-state index contributed by atoms with van der Waals surface area (Å²) in [6.45, 7) is 7.36. The van der Waals surface area contributed by atoms with Crippen molar-refractivity contribution in [1.29, 1.82) is 0 Å². The fraction of sp³-hybridized carbons (Fsp3) is 0.300. The number of rotatable bonds is 4. The maximum Gasteiger partial charge on any atom is 0.315 e. The second-order valence-corrected chi connectivity index (χ2v) is 12.3. The van der Waals surface area contributed by atoms with Gasteiger partial charge in [0.15, 0.2) is 0 Å². The van der Waals surface area contributed by atoms with E-state index < -0.39 is 22.8 Å². The number of likely N-dealkylation sites (tertiary alicyclic amines) is 1. The molecule has 5 rings (SSSR count). The van der Waals surface area contributed by atoms with E-state index in [1.807, 2.05) is 0 Å². The first-order chi connectivity index (χ1) is 18.8. The highest BCUT2D eigenvalue weighted by Gasteiger charge is 2.46. The average Bonchev–Trinajstić information content (AvgIpc) is 2.88. The van der Waals surface area contributed by atoms with E-state index >= 15 is 0 Å². The molecule has 0 amide bonds. The number of aromatic nitrogens is 2. The quantitative estimate of drug-likeness (QED) is 0.264. The lowest BCUT2D eigenvalue weighted by atomic mass is 9.74. The smallest absolute Gasteiger partial charge is 0.315 e. The number of nitrogens with zero attached hydrogens (tertiary/aromatic N) is 3. The average molecular weight is 603 g/mol. The Hall–Kier alpha value is -2.97. The summed E-state index contributed by atoms with van der Waals surface area (Å²) in [5.41, 5.74) is -0.244. The number of benzene rings is 2. The van der Waals surface area contributed by atoms with Gasteiger partial charge in [-0.15, -0.1) is 0 Å².